The zero-order valence-electron chi connectivity index (χ0n) is 17.9. The molecule has 2 aromatic rings. The van der Waals surface area contributed by atoms with Crippen molar-refractivity contribution in [2.45, 2.75) is 46.0 Å². The van der Waals surface area contributed by atoms with E-state index < -0.39 is 12.7 Å². The molecule has 0 saturated carbocycles. The van der Waals surface area contributed by atoms with E-state index in [-0.39, 0.29) is 30.0 Å². The molecule has 2 N–H and O–H groups in total. The highest BCUT2D eigenvalue weighted by molar-refractivity contribution is 14.0. The highest BCUT2D eigenvalue weighted by atomic mass is 127. The fourth-order valence-corrected chi connectivity index (χ4v) is 3.53. The molecule has 3 heterocycles. The van der Waals surface area contributed by atoms with Crippen LogP contribution in [0.25, 0.3) is 5.82 Å². The highest BCUT2D eigenvalue weighted by Gasteiger charge is 2.34. The lowest BCUT2D eigenvalue weighted by Crippen LogP contribution is -2.45. The molecule has 2 aromatic heterocycles. The van der Waals surface area contributed by atoms with E-state index >= 15 is 0 Å². The van der Waals surface area contributed by atoms with E-state index in [0.29, 0.717) is 38.6 Å². The van der Waals surface area contributed by atoms with Gasteiger partial charge in [0.25, 0.3) is 0 Å². The van der Waals surface area contributed by atoms with Gasteiger partial charge < -0.3 is 10.6 Å². The van der Waals surface area contributed by atoms with Gasteiger partial charge in [-0.05, 0) is 44.9 Å². The second kappa shape index (κ2) is 11.1. The van der Waals surface area contributed by atoms with Crippen LogP contribution in [-0.2, 0) is 6.54 Å². The minimum atomic E-state index is -4.17. The molecule has 0 spiro atoms. The van der Waals surface area contributed by atoms with Crippen molar-refractivity contribution in [2.24, 2.45) is 4.99 Å². The van der Waals surface area contributed by atoms with Crippen LogP contribution in [0.1, 0.15) is 30.3 Å². The number of halogens is 4. The second-order valence-electron chi connectivity index (χ2n) is 7.54. The summed E-state index contributed by atoms with van der Waals surface area (Å²) in [7, 11) is 0. The van der Waals surface area contributed by atoms with E-state index in [1.54, 1.807) is 10.9 Å². The SMILES string of the molecule is CCNC(=NCc1ccc(-n2nc(C)cc2C)nc1)NC1CCN(CC(F)(F)F)C1.I. The van der Waals surface area contributed by atoms with Crippen molar-refractivity contribution in [1.29, 1.82) is 0 Å². The lowest BCUT2D eigenvalue weighted by Gasteiger charge is -2.19. The van der Waals surface area contributed by atoms with Gasteiger partial charge >= 0.3 is 6.18 Å². The van der Waals surface area contributed by atoms with Gasteiger partial charge in [-0.1, -0.05) is 6.07 Å². The molecule has 0 aromatic carbocycles. The first-order chi connectivity index (χ1) is 14.2. The Morgan fingerprint density at radius 2 is 2.06 bits per heavy atom. The van der Waals surface area contributed by atoms with Gasteiger partial charge in [-0.25, -0.2) is 14.7 Å². The maximum atomic E-state index is 12.6. The van der Waals surface area contributed by atoms with Gasteiger partial charge in [0.05, 0.1) is 18.8 Å². The number of guanidine groups is 1. The van der Waals surface area contributed by atoms with Crippen molar-refractivity contribution in [1.82, 2.24) is 30.3 Å². The third-order valence-corrected chi connectivity index (χ3v) is 4.82. The standard InChI is InChI=1S/C20H28F3N7.HI/c1-4-24-19(27-17-7-8-29(12-17)13-20(21,22)23)26-11-16-5-6-18(25-10-16)30-15(3)9-14(2)28-30;/h5-6,9-10,17H,4,7-8,11-13H2,1-3H3,(H2,24,26,27);1H. The van der Waals surface area contributed by atoms with Gasteiger partial charge in [-0.15, -0.1) is 24.0 Å². The quantitative estimate of drug-likeness (QED) is 0.328. The minimum absolute atomic E-state index is 0. The van der Waals surface area contributed by atoms with E-state index in [2.05, 4.69) is 25.7 Å². The molecule has 3 rings (SSSR count). The molecule has 11 heteroatoms. The number of alkyl halides is 3. The highest BCUT2D eigenvalue weighted by Crippen LogP contribution is 2.20. The van der Waals surface area contributed by atoms with Crippen molar-refractivity contribution in [2.75, 3.05) is 26.2 Å². The first kappa shape index (κ1) is 25.4. The second-order valence-corrected chi connectivity index (χ2v) is 7.54. The van der Waals surface area contributed by atoms with Crippen LogP contribution in [0.15, 0.2) is 29.4 Å². The van der Waals surface area contributed by atoms with Crippen molar-refractivity contribution in [3.8, 4) is 5.82 Å². The summed E-state index contributed by atoms with van der Waals surface area (Å²) in [6.07, 6.45) is -1.75. The molecule has 1 unspecified atom stereocenters. The van der Waals surface area contributed by atoms with Gasteiger partial charge in [-0.3, -0.25) is 4.90 Å². The zero-order valence-corrected chi connectivity index (χ0v) is 20.2. The van der Waals surface area contributed by atoms with Crippen molar-refractivity contribution >= 4 is 29.9 Å². The Balaban J connectivity index is 0.00000341. The summed E-state index contributed by atoms with van der Waals surface area (Å²) in [6.45, 7) is 6.86. The van der Waals surface area contributed by atoms with Crippen molar-refractivity contribution in [3.05, 3.63) is 41.3 Å². The van der Waals surface area contributed by atoms with Crippen molar-refractivity contribution in [3.63, 3.8) is 0 Å². The molecule has 1 aliphatic heterocycles. The van der Waals surface area contributed by atoms with E-state index in [4.69, 9.17) is 0 Å². The van der Waals surface area contributed by atoms with Gasteiger partial charge in [0.15, 0.2) is 11.8 Å². The average molecular weight is 551 g/mol. The van der Waals surface area contributed by atoms with E-state index in [9.17, 15) is 13.2 Å². The fraction of sp³-hybridized carbons (Fsp3) is 0.550. The van der Waals surface area contributed by atoms with Crippen LogP contribution in [0.3, 0.4) is 0 Å². The van der Waals surface area contributed by atoms with Crippen LogP contribution in [0.2, 0.25) is 0 Å². The first-order valence-electron chi connectivity index (χ1n) is 10.1. The van der Waals surface area contributed by atoms with E-state index in [1.807, 2.05) is 39.0 Å². The lowest BCUT2D eigenvalue weighted by atomic mass is 10.2. The molecule has 7 nitrogen and oxygen atoms in total. The van der Waals surface area contributed by atoms with Gasteiger partial charge in [0.1, 0.15) is 0 Å². The summed E-state index contributed by atoms with van der Waals surface area (Å²) in [6, 6.07) is 5.78. The Labute approximate surface area is 197 Å². The molecule has 0 amide bonds. The van der Waals surface area contributed by atoms with Crippen LogP contribution in [0.5, 0.6) is 0 Å². The summed E-state index contributed by atoms with van der Waals surface area (Å²) in [5, 5.41) is 10.8. The molecule has 0 aliphatic carbocycles. The van der Waals surface area contributed by atoms with Crippen LogP contribution < -0.4 is 10.6 Å². The monoisotopic (exact) mass is 551 g/mol. The maximum absolute atomic E-state index is 12.6. The fourth-order valence-electron chi connectivity index (χ4n) is 3.53. The molecular weight excluding hydrogens is 522 g/mol. The number of pyridine rings is 1. The predicted octanol–water partition coefficient (Wildman–Crippen LogP) is 3.19. The Bertz CT molecular complexity index is 865. The van der Waals surface area contributed by atoms with Crippen LogP contribution in [0, 0.1) is 13.8 Å². The zero-order chi connectivity index (χ0) is 21.7. The number of nitrogens with zero attached hydrogens (tertiary/aromatic N) is 5. The Morgan fingerprint density at radius 3 is 2.65 bits per heavy atom. The minimum Gasteiger partial charge on any atom is -0.357 e. The van der Waals surface area contributed by atoms with E-state index in [1.165, 1.54) is 4.90 Å². The third-order valence-electron chi connectivity index (χ3n) is 4.82. The first-order valence-corrected chi connectivity index (χ1v) is 10.1. The third kappa shape index (κ3) is 7.63. The molecule has 1 fully saturated rings. The molecule has 172 valence electrons. The summed E-state index contributed by atoms with van der Waals surface area (Å²) >= 11 is 0. The summed E-state index contributed by atoms with van der Waals surface area (Å²) in [4.78, 5) is 10.5. The molecule has 0 radical (unpaired) electrons. The largest absolute Gasteiger partial charge is 0.401 e. The molecule has 31 heavy (non-hydrogen) atoms. The average Bonchev–Trinajstić information content (AvgIpc) is 3.24. The lowest BCUT2D eigenvalue weighted by molar-refractivity contribution is -0.143. The van der Waals surface area contributed by atoms with Gasteiger partial charge in [0, 0.05) is 37.6 Å². The normalized spacial score (nSPS) is 17.5. The molecule has 1 aliphatic rings. The number of hydrogen-bond donors (Lipinski definition) is 2. The summed E-state index contributed by atoms with van der Waals surface area (Å²) < 4.78 is 39.5. The maximum Gasteiger partial charge on any atom is 0.401 e. The molecule has 1 saturated heterocycles. The van der Waals surface area contributed by atoms with Crippen molar-refractivity contribution < 1.29 is 13.2 Å². The van der Waals surface area contributed by atoms with Crippen LogP contribution in [0.4, 0.5) is 13.2 Å². The number of likely N-dealkylation sites (tertiary alicyclic amines) is 1. The van der Waals surface area contributed by atoms with Gasteiger partial charge in [-0.2, -0.15) is 18.3 Å². The van der Waals surface area contributed by atoms with Crippen LogP contribution in [-0.4, -0.2) is 64.0 Å². The molecular formula is C20H29F3IN7. The molecule has 0 bridgehead atoms. The molecule has 1 atom stereocenters. The van der Waals surface area contributed by atoms with Gasteiger partial charge in [0.2, 0.25) is 0 Å². The number of rotatable bonds is 6. The topological polar surface area (TPSA) is 70.4 Å². The smallest absolute Gasteiger partial charge is 0.357 e. The summed E-state index contributed by atoms with van der Waals surface area (Å²) in [5.41, 5.74) is 2.88. The number of aryl methyl sites for hydroxylation is 2. The number of hydrogen-bond acceptors (Lipinski definition) is 4. The predicted molar refractivity (Wildman–Crippen MR) is 125 cm³/mol. The number of nitrogens with one attached hydrogen (secondary N) is 2. The number of aromatic nitrogens is 3. The summed E-state index contributed by atoms with van der Waals surface area (Å²) in [5.74, 6) is 1.34. The Morgan fingerprint density at radius 1 is 1.29 bits per heavy atom. The Kier molecular flexibility index (Phi) is 9.10. The number of aliphatic imine (C=N–C) groups is 1. The van der Waals surface area contributed by atoms with E-state index in [0.717, 1.165) is 22.8 Å². The van der Waals surface area contributed by atoms with Crippen LogP contribution >= 0.6 is 24.0 Å². The Hall–Kier alpha value is -1.89.